The Hall–Kier alpha value is -0.740. The second-order valence-corrected chi connectivity index (χ2v) is 6.98. The lowest BCUT2D eigenvalue weighted by atomic mass is 9.70. The van der Waals surface area contributed by atoms with Gasteiger partial charge < -0.3 is 14.4 Å². The van der Waals surface area contributed by atoms with Crippen molar-refractivity contribution in [2.75, 3.05) is 0 Å². The van der Waals surface area contributed by atoms with Crippen molar-refractivity contribution in [3.05, 3.63) is 0 Å². The molecule has 0 saturated carbocycles. The molecule has 4 nitrogen and oxygen atoms in total. The quantitative estimate of drug-likeness (QED) is 0.317. The highest BCUT2D eigenvalue weighted by molar-refractivity contribution is 6.50. The maximum absolute atomic E-state index is 11.5. The third kappa shape index (κ3) is 23.5. The number of hydrogen-bond donors (Lipinski definition) is 0. The summed E-state index contributed by atoms with van der Waals surface area (Å²) in [5.41, 5.74) is -1.24. The van der Waals surface area contributed by atoms with Crippen molar-refractivity contribution >= 4 is 46.3 Å². The van der Waals surface area contributed by atoms with Crippen molar-refractivity contribution in [3.8, 4) is 0 Å². The Kier molecular flexibility index (Phi) is 40.7. The molecule has 30 heavy (non-hydrogen) atoms. The Balaban J connectivity index is -0.000000125. The molecular formula is C24H50Cl2O4. The van der Waals surface area contributed by atoms with E-state index < -0.39 is 9.75 Å². The van der Waals surface area contributed by atoms with Gasteiger partial charge in [0, 0.05) is 31.1 Å². The van der Waals surface area contributed by atoms with Crippen LogP contribution in [0.3, 0.4) is 0 Å². The molecule has 0 bridgehead atoms. The van der Waals surface area contributed by atoms with E-state index in [-0.39, 0.29) is 48.8 Å². The minimum absolute atomic E-state index is 0.119. The Morgan fingerprint density at radius 3 is 0.767 bits per heavy atom. The van der Waals surface area contributed by atoms with Crippen molar-refractivity contribution in [1.82, 2.24) is 0 Å². The molecule has 0 amide bonds. The highest BCUT2D eigenvalue weighted by Crippen LogP contribution is 2.51. The van der Waals surface area contributed by atoms with Crippen LogP contribution in [0.4, 0.5) is 0 Å². The van der Waals surface area contributed by atoms with Crippen LogP contribution in [0.25, 0.3) is 0 Å². The molecule has 184 valence electrons. The highest BCUT2D eigenvalue weighted by atomic mass is 35.5. The van der Waals surface area contributed by atoms with E-state index in [2.05, 4.69) is 0 Å². The first kappa shape index (κ1) is 43.2. The zero-order valence-electron chi connectivity index (χ0n) is 22.2. The van der Waals surface area contributed by atoms with Crippen molar-refractivity contribution < 1.29 is 19.2 Å². The first-order chi connectivity index (χ1) is 13.9. The zero-order valence-corrected chi connectivity index (χ0v) is 23.7. The summed E-state index contributed by atoms with van der Waals surface area (Å²) >= 11 is 12.5. The molecule has 0 aliphatic heterocycles. The van der Waals surface area contributed by atoms with Gasteiger partial charge in [-0.25, -0.2) is 0 Å². The smallest absolute Gasteiger partial charge is 0.132 e. The molecule has 0 heterocycles. The maximum Gasteiger partial charge on any atom is 0.132 e. The lowest BCUT2D eigenvalue weighted by molar-refractivity contribution is -0.128. The number of carbonyl (C=O) groups is 4. The van der Waals surface area contributed by atoms with E-state index in [1.165, 1.54) is 27.7 Å². The Morgan fingerprint density at radius 1 is 0.467 bits per heavy atom. The van der Waals surface area contributed by atoms with Crippen LogP contribution in [0.15, 0.2) is 0 Å². The van der Waals surface area contributed by atoms with Gasteiger partial charge in [-0.05, 0) is 27.7 Å². The molecule has 0 aliphatic rings. The Bertz CT molecular complexity index is 390. The fraction of sp³-hybridized carbons (Fsp3) is 0.833. The van der Waals surface area contributed by atoms with Gasteiger partial charge in [0.05, 0.1) is 0 Å². The molecule has 0 unspecified atom stereocenters. The van der Waals surface area contributed by atoms with Crippen molar-refractivity contribution in [1.29, 1.82) is 0 Å². The molecule has 0 aromatic heterocycles. The summed E-state index contributed by atoms with van der Waals surface area (Å²) in [5, 5.41) is 0. The van der Waals surface area contributed by atoms with E-state index in [0.717, 1.165) is 0 Å². The summed E-state index contributed by atoms with van der Waals surface area (Å²) in [6, 6.07) is 0. The Morgan fingerprint density at radius 2 is 0.633 bits per heavy atom. The zero-order chi connectivity index (χ0) is 26.1. The third-order valence-electron chi connectivity index (χ3n) is 3.01. The van der Waals surface area contributed by atoms with E-state index >= 15 is 0 Å². The molecule has 0 atom stereocenters. The van der Waals surface area contributed by atoms with Gasteiger partial charge in [0.2, 0.25) is 0 Å². The number of ketones is 4. The molecule has 0 rings (SSSR count). The largest absolute Gasteiger partial charge is 0.300 e. The number of Topliss-reactive ketones (excluding diaryl/α,β-unsaturated/α-hetero) is 4. The van der Waals surface area contributed by atoms with Gasteiger partial charge in [-0.3, -0.25) is 4.79 Å². The molecule has 6 heteroatoms. The van der Waals surface area contributed by atoms with Crippen LogP contribution < -0.4 is 0 Å². The predicted molar refractivity (Wildman–Crippen MR) is 135 cm³/mol. The second-order valence-electron chi connectivity index (χ2n) is 5.50. The topological polar surface area (TPSA) is 68.3 Å². The van der Waals surface area contributed by atoms with Crippen LogP contribution in [-0.2, 0) is 19.2 Å². The summed E-state index contributed by atoms with van der Waals surface area (Å²) in [6.45, 7) is 25.3. The maximum atomic E-state index is 11.5. The molecule has 0 N–H and O–H groups in total. The van der Waals surface area contributed by atoms with Crippen molar-refractivity contribution in [2.24, 2.45) is 5.41 Å². The van der Waals surface area contributed by atoms with E-state index in [1.54, 1.807) is 0 Å². The van der Waals surface area contributed by atoms with Crippen LogP contribution >= 0.6 is 23.2 Å². The van der Waals surface area contributed by atoms with E-state index in [9.17, 15) is 19.2 Å². The van der Waals surface area contributed by atoms with Gasteiger partial charge in [-0.1, -0.05) is 69.2 Å². The molecular weight excluding hydrogens is 423 g/mol. The fourth-order valence-electron chi connectivity index (χ4n) is 2.51. The number of hydrogen-bond acceptors (Lipinski definition) is 4. The average molecular weight is 474 g/mol. The van der Waals surface area contributed by atoms with E-state index in [4.69, 9.17) is 23.2 Å². The molecule has 0 spiro atoms. The van der Waals surface area contributed by atoms with Gasteiger partial charge >= 0.3 is 0 Å². The van der Waals surface area contributed by atoms with Crippen molar-refractivity contribution in [2.45, 2.75) is 127 Å². The summed E-state index contributed by atoms with van der Waals surface area (Å²) in [4.78, 5) is 45.9. The minimum Gasteiger partial charge on any atom is -0.300 e. The molecule has 0 aromatic rings. The molecule has 0 aliphatic carbocycles. The van der Waals surface area contributed by atoms with Crippen LogP contribution in [-0.4, -0.2) is 27.5 Å². The van der Waals surface area contributed by atoms with E-state index in [0.29, 0.717) is 0 Å². The van der Waals surface area contributed by atoms with Gasteiger partial charge in [-0.15, -0.1) is 23.2 Å². The second kappa shape index (κ2) is 28.3. The van der Waals surface area contributed by atoms with Gasteiger partial charge in [0.1, 0.15) is 27.5 Å². The van der Waals surface area contributed by atoms with Gasteiger partial charge in [-0.2, -0.15) is 0 Å². The minimum atomic E-state index is -1.64. The van der Waals surface area contributed by atoms with Crippen LogP contribution in [0.2, 0.25) is 0 Å². The highest BCUT2D eigenvalue weighted by Gasteiger charge is 2.51. The van der Waals surface area contributed by atoms with Crippen LogP contribution in [0.5, 0.6) is 0 Å². The first-order valence-electron chi connectivity index (χ1n) is 11.3. The summed E-state index contributed by atoms with van der Waals surface area (Å²) < 4.78 is -1.64. The third-order valence-corrected chi connectivity index (χ3v) is 4.08. The standard InChI is InChI=1S/C14H20Cl2O4.5C2H6/c1-9(17)5-13(6-10(2)18,7-11(3)19)14(15,16)8-12(4)20;5*1-2/h5-8H2,1-4H3;5*1-2H3. The van der Waals surface area contributed by atoms with Gasteiger partial charge in [0.25, 0.3) is 0 Å². The lowest BCUT2D eigenvalue weighted by Crippen LogP contribution is -2.45. The van der Waals surface area contributed by atoms with E-state index in [1.807, 2.05) is 69.2 Å². The van der Waals surface area contributed by atoms with Crippen LogP contribution in [0, 0.1) is 5.41 Å². The normalized spacial score (nSPS) is 9.07. The predicted octanol–water partition coefficient (Wildman–Crippen LogP) is 8.19. The number of alkyl halides is 2. The summed E-state index contributed by atoms with van der Waals surface area (Å²) in [7, 11) is 0. The number of rotatable bonds is 9. The molecule has 0 fully saturated rings. The SMILES string of the molecule is CC.CC.CC.CC.CC.CC(=O)CC(Cl)(Cl)C(CC(C)=O)(CC(C)=O)CC(C)=O. The molecule has 0 saturated heterocycles. The van der Waals surface area contributed by atoms with Crippen molar-refractivity contribution in [3.63, 3.8) is 0 Å². The lowest BCUT2D eigenvalue weighted by Gasteiger charge is -2.41. The average Bonchev–Trinajstić information content (AvgIpc) is 2.67. The summed E-state index contributed by atoms with van der Waals surface area (Å²) in [5.74, 6) is -0.972. The monoisotopic (exact) mass is 472 g/mol. The molecule has 0 radical (unpaired) electrons. The fourth-order valence-corrected chi connectivity index (χ4v) is 3.28. The van der Waals surface area contributed by atoms with Crippen LogP contribution in [0.1, 0.15) is 123 Å². The first-order valence-corrected chi connectivity index (χ1v) is 12.0. The Labute approximate surface area is 197 Å². The summed E-state index contributed by atoms with van der Waals surface area (Å²) in [6.07, 6.45) is -0.574. The van der Waals surface area contributed by atoms with Gasteiger partial charge in [0.15, 0.2) is 0 Å². The molecule has 0 aromatic carbocycles. The number of halogens is 2. The number of carbonyl (C=O) groups excluding carboxylic acids is 4.